The summed E-state index contributed by atoms with van der Waals surface area (Å²) in [6, 6.07) is 4.86. The zero-order chi connectivity index (χ0) is 15.6. The number of nitrogens with one attached hydrogen (secondary N) is 1. The van der Waals surface area contributed by atoms with Gasteiger partial charge >= 0.3 is 5.69 Å². The minimum atomic E-state index is -0.581. The van der Waals surface area contributed by atoms with Gasteiger partial charge in [-0.05, 0) is 30.7 Å². The molecule has 0 saturated heterocycles. The summed E-state index contributed by atoms with van der Waals surface area (Å²) in [6.45, 7) is 1.48. The Balaban J connectivity index is 2.51. The lowest BCUT2D eigenvalue weighted by Crippen LogP contribution is -2.04. The van der Waals surface area contributed by atoms with E-state index in [1.807, 2.05) is 0 Å². The van der Waals surface area contributed by atoms with Crippen molar-refractivity contribution < 1.29 is 9.66 Å². The molecule has 0 saturated carbocycles. The van der Waals surface area contributed by atoms with Crippen LogP contribution in [0.3, 0.4) is 0 Å². The number of nitrogens with zero attached hydrogens (tertiary/aromatic N) is 3. The van der Waals surface area contributed by atoms with Crippen molar-refractivity contribution in [2.45, 2.75) is 6.92 Å². The molecular formula is C12H10Cl2N4O3. The van der Waals surface area contributed by atoms with E-state index in [0.29, 0.717) is 16.5 Å². The third-order valence-electron chi connectivity index (χ3n) is 2.64. The lowest BCUT2D eigenvalue weighted by molar-refractivity contribution is -0.385. The molecule has 9 heteroatoms. The average molecular weight is 329 g/mol. The summed E-state index contributed by atoms with van der Waals surface area (Å²) >= 11 is 11.8. The monoisotopic (exact) mass is 328 g/mol. The van der Waals surface area contributed by atoms with Gasteiger partial charge in [0.25, 0.3) is 0 Å². The van der Waals surface area contributed by atoms with Gasteiger partial charge in [0.1, 0.15) is 11.4 Å². The molecular weight excluding hydrogens is 319 g/mol. The van der Waals surface area contributed by atoms with E-state index in [9.17, 15) is 10.1 Å². The summed E-state index contributed by atoms with van der Waals surface area (Å²) in [6.07, 6.45) is 0. The molecule has 0 bridgehead atoms. The molecule has 0 amide bonds. The minimum Gasteiger partial charge on any atom is -0.497 e. The molecule has 0 atom stereocenters. The summed E-state index contributed by atoms with van der Waals surface area (Å²) in [5.74, 6) is 0.508. The maximum Gasteiger partial charge on any atom is 0.332 e. The molecule has 1 aromatic heterocycles. The fourth-order valence-corrected chi connectivity index (χ4v) is 2.07. The SMILES string of the molecule is COc1ccc(Cl)c(Nc2nc(Cl)nc(C)c2[N+](=O)[O-])c1. The van der Waals surface area contributed by atoms with Gasteiger partial charge in [-0.2, -0.15) is 4.98 Å². The van der Waals surface area contributed by atoms with E-state index in [0.717, 1.165) is 0 Å². The van der Waals surface area contributed by atoms with Crippen molar-refractivity contribution in [1.82, 2.24) is 9.97 Å². The molecule has 2 rings (SSSR count). The second kappa shape index (κ2) is 6.11. The van der Waals surface area contributed by atoms with E-state index in [2.05, 4.69) is 15.3 Å². The normalized spacial score (nSPS) is 10.3. The molecule has 110 valence electrons. The van der Waals surface area contributed by atoms with E-state index in [4.69, 9.17) is 27.9 Å². The van der Waals surface area contributed by atoms with Crippen LogP contribution in [0.2, 0.25) is 10.3 Å². The molecule has 21 heavy (non-hydrogen) atoms. The number of benzene rings is 1. The van der Waals surface area contributed by atoms with Crippen molar-refractivity contribution in [2.75, 3.05) is 12.4 Å². The summed E-state index contributed by atoms with van der Waals surface area (Å²) in [4.78, 5) is 18.2. The number of halogens is 2. The first-order valence-electron chi connectivity index (χ1n) is 5.71. The van der Waals surface area contributed by atoms with Crippen molar-refractivity contribution in [2.24, 2.45) is 0 Å². The Morgan fingerprint density at radius 1 is 1.33 bits per heavy atom. The van der Waals surface area contributed by atoms with Crippen LogP contribution in [0.4, 0.5) is 17.2 Å². The molecule has 0 unspecified atom stereocenters. The maximum absolute atomic E-state index is 11.1. The van der Waals surface area contributed by atoms with Crippen LogP contribution in [0.15, 0.2) is 18.2 Å². The average Bonchev–Trinajstić information content (AvgIpc) is 2.40. The summed E-state index contributed by atoms with van der Waals surface area (Å²) in [5.41, 5.74) is 0.299. The van der Waals surface area contributed by atoms with Crippen molar-refractivity contribution in [3.05, 3.63) is 44.3 Å². The highest BCUT2D eigenvalue weighted by Crippen LogP contribution is 2.33. The van der Waals surface area contributed by atoms with Crippen molar-refractivity contribution in [3.8, 4) is 5.75 Å². The van der Waals surface area contributed by atoms with E-state index < -0.39 is 4.92 Å². The minimum absolute atomic E-state index is 0.0346. The highest BCUT2D eigenvalue weighted by atomic mass is 35.5. The smallest absolute Gasteiger partial charge is 0.332 e. The van der Waals surface area contributed by atoms with Gasteiger partial charge in [0.15, 0.2) is 0 Å². The van der Waals surface area contributed by atoms with Crippen LogP contribution in [0.1, 0.15) is 5.69 Å². The molecule has 7 nitrogen and oxygen atoms in total. The highest BCUT2D eigenvalue weighted by molar-refractivity contribution is 6.33. The number of hydrogen-bond donors (Lipinski definition) is 1. The van der Waals surface area contributed by atoms with Crippen molar-refractivity contribution in [3.63, 3.8) is 0 Å². The molecule has 0 aliphatic carbocycles. The Hall–Kier alpha value is -2.12. The van der Waals surface area contributed by atoms with Gasteiger partial charge in [-0.15, -0.1) is 0 Å². The second-order valence-corrected chi connectivity index (χ2v) is 4.75. The number of anilines is 2. The first-order valence-corrected chi connectivity index (χ1v) is 6.47. The molecule has 0 aliphatic heterocycles. The van der Waals surface area contributed by atoms with Crippen molar-refractivity contribution in [1.29, 1.82) is 0 Å². The second-order valence-electron chi connectivity index (χ2n) is 4.00. The molecule has 2 aromatic rings. The largest absolute Gasteiger partial charge is 0.497 e. The predicted octanol–water partition coefficient (Wildman–Crippen LogP) is 3.75. The van der Waals surface area contributed by atoms with Crippen LogP contribution in [0.25, 0.3) is 0 Å². The van der Waals surface area contributed by atoms with Gasteiger partial charge in [-0.25, -0.2) is 4.98 Å². The first-order chi connectivity index (χ1) is 9.92. The third kappa shape index (κ3) is 3.32. The van der Waals surface area contributed by atoms with E-state index >= 15 is 0 Å². The van der Waals surface area contributed by atoms with Gasteiger partial charge in [-0.1, -0.05) is 11.6 Å². The molecule has 0 radical (unpaired) electrons. The molecule has 0 aliphatic rings. The highest BCUT2D eigenvalue weighted by Gasteiger charge is 2.22. The standard InChI is InChI=1S/C12H10Cl2N4O3/c1-6-10(18(19)20)11(17-12(14)15-6)16-9-5-7(21-2)3-4-8(9)13/h3-5H,1-2H3,(H,15,16,17). The summed E-state index contributed by atoms with van der Waals surface area (Å²) in [7, 11) is 1.50. The van der Waals surface area contributed by atoms with Gasteiger partial charge in [0, 0.05) is 6.07 Å². The van der Waals surface area contributed by atoms with Gasteiger partial charge in [0.2, 0.25) is 11.1 Å². The van der Waals surface area contributed by atoms with Crippen LogP contribution in [0, 0.1) is 17.0 Å². The lowest BCUT2D eigenvalue weighted by atomic mass is 10.3. The number of aromatic nitrogens is 2. The zero-order valence-electron chi connectivity index (χ0n) is 11.1. The first kappa shape index (κ1) is 15.3. The lowest BCUT2D eigenvalue weighted by Gasteiger charge is -2.10. The predicted molar refractivity (Wildman–Crippen MR) is 79.7 cm³/mol. The number of nitro groups is 1. The number of hydrogen-bond acceptors (Lipinski definition) is 6. The quantitative estimate of drug-likeness (QED) is 0.522. The van der Waals surface area contributed by atoms with Crippen LogP contribution in [-0.2, 0) is 0 Å². The zero-order valence-corrected chi connectivity index (χ0v) is 12.6. The number of ether oxygens (including phenoxy) is 1. The van der Waals surface area contributed by atoms with Crippen LogP contribution in [-0.4, -0.2) is 22.0 Å². The Morgan fingerprint density at radius 3 is 2.67 bits per heavy atom. The number of rotatable bonds is 4. The summed E-state index contributed by atoms with van der Waals surface area (Å²) < 4.78 is 5.08. The molecule has 0 spiro atoms. The van der Waals surface area contributed by atoms with Gasteiger partial charge in [-0.3, -0.25) is 10.1 Å². The Labute approximate surface area is 130 Å². The maximum atomic E-state index is 11.1. The topological polar surface area (TPSA) is 90.2 Å². The molecule has 1 aromatic carbocycles. The Bertz CT molecular complexity index is 709. The fraction of sp³-hybridized carbons (Fsp3) is 0.167. The third-order valence-corrected chi connectivity index (χ3v) is 3.14. The molecule has 1 N–H and O–H groups in total. The van der Waals surface area contributed by atoms with E-state index in [1.54, 1.807) is 18.2 Å². The van der Waals surface area contributed by atoms with Crippen molar-refractivity contribution >= 4 is 40.4 Å². The van der Waals surface area contributed by atoms with Crippen LogP contribution in [0.5, 0.6) is 5.75 Å². The van der Waals surface area contributed by atoms with Gasteiger partial charge in [0.05, 0.1) is 22.7 Å². The van der Waals surface area contributed by atoms with Crippen LogP contribution < -0.4 is 10.1 Å². The Morgan fingerprint density at radius 2 is 2.05 bits per heavy atom. The van der Waals surface area contributed by atoms with Crippen LogP contribution >= 0.6 is 23.2 Å². The Kier molecular flexibility index (Phi) is 4.44. The molecule has 0 fully saturated rings. The van der Waals surface area contributed by atoms with E-state index in [-0.39, 0.29) is 22.5 Å². The number of aryl methyl sites for hydroxylation is 1. The fourth-order valence-electron chi connectivity index (χ4n) is 1.69. The number of methoxy groups -OCH3 is 1. The summed E-state index contributed by atoms with van der Waals surface area (Å²) in [5, 5.41) is 14.2. The van der Waals surface area contributed by atoms with E-state index in [1.165, 1.54) is 14.0 Å². The molecule has 1 heterocycles. The van der Waals surface area contributed by atoms with Gasteiger partial charge < -0.3 is 10.1 Å².